The van der Waals surface area contributed by atoms with Crippen molar-refractivity contribution in [2.45, 2.75) is 44.1 Å². The zero-order valence-electron chi connectivity index (χ0n) is 11.2. The molecule has 0 spiro atoms. The van der Waals surface area contributed by atoms with Crippen molar-refractivity contribution in [3.8, 4) is 0 Å². The molecule has 1 radical (unpaired) electrons. The summed E-state index contributed by atoms with van der Waals surface area (Å²) in [6.07, 6.45) is 7.15. The second-order valence-corrected chi connectivity index (χ2v) is 6.08. The van der Waals surface area contributed by atoms with Crippen LogP contribution in [-0.2, 0) is 4.79 Å². The Bertz CT molecular complexity index is 302. The van der Waals surface area contributed by atoms with E-state index in [0.717, 1.165) is 51.5 Å². The van der Waals surface area contributed by atoms with Gasteiger partial charge < -0.3 is 10.2 Å². The standard InChI is InChI=1S/C14H24N3O/c18-13(17-9-7-15-8-10-17)14(5-1-2-6-14)16-11-12-3-4-12/h12,16H,1-11H2. The molecule has 101 valence electrons. The molecule has 3 fully saturated rings. The first-order valence-electron chi connectivity index (χ1n) is 7.48. The summed E-state index contributed by atoms with van der Waals surface area (Å²) in [5.74, 6) is 1.20. The van der Waals surface area contributed by atoms with Crippen molar-refractivity contribution in [2.75, 3.05) is 32.7 Å². The summed E-state index contributed by atoms with van der Waals surface area (Å²) >= 11 is 0. The van der Waals surface area contributed by atoms with Gasteiger partial charge in [0, 0.05) is 26.2 Å². The van der Waals surface area contributed by atoms with Crippen molar-refractivity contribution < 1.29 is 4.79 Å². The molecule has 0 aromatic heterocycles. The van der Waals surface area contributed by atoms with E-state index in [9.17, 15) is 4.79 Å². The van der Waals surface area contributed by atoms with E-state index in [1.54, 1.807) is 0 Å². The van der Waals surface area contributed by atoms with E-state index in [2.05, 4.69) is 10.6 Å². The number of nitrogens with one attached hydrogen (secondary N) is 1. The smallest absolute Gasteiger partial charge is 0.242 e. The molecule has 1 heterocycles. The van der Waals surface area contributed by atoms with Gasteiger partial charge in [0.2, 0.25) is 5.91 Å². The summed E-state index contributed by atoms with van der Waals surface area (Å²) in [6, 6.07) is 0. The molecule has 3 rings (SSSR count). The average molecular weight is 250 g/mol. The second-order valence-electron chi connectivity index (χ2n) is 6.08. The van der Waals surface area contributed by atoms with Gasteiger partial charge in [-0.3, -0.25) is 4.79 Å². The summed E-state index contributed by atoms with van der Waals surface area (Å²) in [5.41, 5.74) is -0.222. The summed E-state index contributed by atoms with van der Waals surface area (Å²) in [4.78, 5) is 14.8. The second kappa shape index (κ2) is 5.17. The van der Waals surface area contributed by atoms with Gasteiger partial charge in [0.05, 0.1) is 5.54 Å². The minimum absolute atomic E-state index is 0.222. The quantitative estimate of drug-likeness (QED) is 0.800. The molecule has 2 saturated carbocycles. The fourth-order valence-corrected chi connectivity index (χ4v) is 3.22. The Morgan fingerprint density at radius 2 is 1.89 bits per heavy atom. The molecule has 0 aromatic carbocycles. The largest absolute Gasteiger partial charge is 0.338 e. The van der Waals surface area contributed by atoms with Gasteiger partial charge in [-0.05, 0) is 38.1 Å². The molecule has 0 unspecified atom stereocenters. The molecule has 1 aliphatic heterocycles. The summed E-state index contributed by atoms with van der Waals surface area (Å²) in [6.45, 7) is 4.34. The monoisotopic (exact) mass is 250 g/mol. The number of amides is 1. The van der Waals surface area contributed by atoms with E-state index in [0.29, 0.717) is 5.91 Å². The fourth-order valence-electron chi connectivity index (χ4n) is 3.22. The Morgan fingerprint density at radius 1 is 1.22 bits per heavy atom. The first-order valence-corrected chi connectivity index (χ1v) is 7.48. The van der Waals surface area contributed by atoms with Gasteiger partial charge in [-0.1, -0.05) is 12.8 Å². The average Bonchev–Trinajstić information content (AvgIpc) is 3.14. The van der Waals surface area contributed by atoms with Crippen molar-refractivity contribution >= 4 is 5.91 Å². The minimum atomic E-state index is -0.222. The Labute approximate surface area is 109 Å². The first kappa shape index (κ1) is 12.4. The van der Waals surface area contributed by atoms with Gasteiger partial charge in [0.1, 0.15) is 0 Å². The van der Waals surface area contributed by atoms with Gasteiger partial charge >= 0.3 is 0 Å². The first-order chi connectivity index (χ1) is 8.80. The van der Waals surface area contributed by atoms with E-state index in [1.165, 1.54) is 25.7 Å². The molecule has 0 atom stereocenters. The van der Waals surface area contributed by atoms with Crippen molar-refractivity contribution in [3.05, 3.63) is 0 Å². The van der Waals surface area contributed by atoms with Gasteiger partial charge in [-0.15, -0.1) is 0 Å². The number of hydrogen-bond acceptors (Lipinski definition) is 2. The predicted molar refractivity (Wildman–Crippen MR) is 70.4 cm³/mol. The lowest BCUT2D eigenvalue weighted by Crippen LogP contribution is -2.59. The summed E-state index contributed by atoms with van der Waals surface area (Å²) in [5, 5.41) is 7.96. The van der Waals surface area contributed by atoms with Crippen LogP contribution in [0.15, 0.2) is 0 Å². The topological polar surface area (TPSA) is 46.4 Å². The molecule has 18 heavy (non-hydrogen) atoms. The molecule has 1 saturated heterocycles. The van der Waals surface area contributed by atoms with Crippen LogP contribution in [0.4, 0.5) is 0 Å². The van der Waals surface area contributed by atoms with E-state index in [4.69, 9.17) is 0 Å². The van der Waals surface area contributed by atoms with E-state index in [-0.39, 0.29) is 5.54 Å². The van der Waals surface area contributed by atoms with Crippen molar-refractivity contribution in [1.29, 1.82) is 0 Å². The van der Waals surface area contributed by atoms with E-state index >= 15 is 0 Å². The van der Waals surface area contributed by atoms with Crippen LogP contribution in [0, 0.1) is 5.92 Å². The van der Waals surface area contributed by atoms with Crippen LogP contribution >= 0.6 is 0 Å². The van der Waals surface area contributed by atoms with Crippen molar-refractivity contribution in [2.24, 2.45) is 5.92 Å². The Hall–Kier alpha value is -0.610. The third kappa shape index (κ3) is 2.54. The maximum absolute atomic E-state index is 12.8. The van der Waals surface area contributed by atoms with Crippen LogP contribution < -0.4 is 10.6 Å². The highest BCUT2D eigenvalue weighted by atomic mass is 16.2. The lowest BCUT2D eigenvalue weighted by molar-refractivity contribution is -0.139. The molecule has 3 aliphatic rings. The van der Waals surface area contributed by atoms with Crippen LogP contribution in [-0.4, -0.2) is 49.1 Å². The van der Waals surface area contributed by atoms with Gasteiger partial charge in [-0.25, -0.2) is 5.32 Å². The molecular weight excluding hydrogens is 226 g/mol. The van der Waals surface area contributed by atoms with E-state index in [1.807, 2.05) is 4.90 Å². The third-order valence-corrected chi connectivity index (χ3v) is 4.64. The zero-order valence-corrected chi connectivity index (χ0v) is 11.2. The lowest BCUT2D eigenvalue weighted by atomic mass is 9.94. The normalized spacial score (nSPS) is 27.4. The molecule has 4 heteroatoms. The molecule has 1 amide bonds. The number of carbonyl (C=O) groups is 1. The Balaban J connectivity index is 1.64. The Morgan fingerprint density at radius 3 is 2.50 bits per heavy atom. The van der Waals surface area contributed by atoms with Crippen molar-refractivity contribution in [3.63, 3.8) is 0 Å². The molecular formula is C14H24N3O. The highest BCUT2D eigenvalue weighted by Gasteiger charge is 2.44. The molecule has 0 bridgehead atoms. The van der Waals surface area contributed by atoms with Crippen LogP contribution in [0.25, 0.3) is 0 Å². The lowest BCUT2D eigenvalue weighted by Gasteiger charge is -2.37. The van der Waals surface area contributed by atoms with Gasteiger partial charge in [-0.2, -0.15) is 0 Å². The highest BCUT2D eigenvalue weighted by molar-refractivity contribution is 5.87. The van der Waals surface area contributed by atoms with Crippen LogP contribution in [0.2, 0.25) is 0 Å². The SMILES string of the molecule is O=C(N1CC[N]CC1)C1(NCC2CC2)CCCC1. The maximum atomic E-state index is 12.8. The highest BCUT2D eigenvalue weighted by Crippen LogP contribution is 2.34. The number of rotatable bonds is 4. The Kier molecular flexibility index (Phi) is 3.57. The third-order valence-electron chi connectivity index (χ3n) is 4.64. The van der Waals surface area contributed by atoms with Gasteiger partial charge in [0.15, 0.2) is 0 Å². The molecule has 4 nitrogen and oxygen atoms in total. The zero-order chi connectivity index (χ0) is 12.4. The van der Waals surface area contributed by atoms with E-state index < -0.39 is 0 Å². The number of piperazine rings is 1. The fraction of sp³-hybridized carbons (Fsp3) is 0.929. The molecule has 0 aromatic rings. The molecule has 2 aliphatic carbocycles. The van der Waals surface area contributed by atoms with Crippen LogP contribution in [0.3, 0.4) is 0 Å². The predicted octanol–water partition coefficient (Wildman–Crippen LogP) is 0.745. The van der Waals surface area contributed by atoms with Gasteiger partial charge in [0.25, 0.3) is 0 Å². The summed E-state index contributed by atoms with van der Waals surface area (Å²) in [7, 11) is 0. The maximum Gasteiger partial charge on any atom is 0.242 e. The number of hydrogen-bond donors (Lipinski definition) is 1. The van der Waals surface area contributed by atoms with Crippen LogP contribution in [0.1, 0.15) is 38.5 Å². The number of carbonyl (C=O) groups excluding carboxylic acids is 1. The van der Waals surface area contributed by atoms with Crippen molar-refractivity contribution in [1.82, 2.24) is 15.5 Å². The minimum Gasteiger partial charge on any atom is -0.338 e. The molecule has 1 N–H and O–H groups in total. The summed E-state index contributed by atoms with van der Waals surface area (Å²) < 4.78 is 0. The van der Waals surface area contributed by atoms with Crippen LogP contribution in [0.5, 0.6) is 0 Å². The number of nitrogens with zero attached hydrogens (tertiary/aromatic N) is 2.